The van der Waals surface area contributed by atoms with Crippen LogP contribution in [0.3, 0.4) is 0 Å². The summed E-state index contributed by atoms with van der Waals surface area (Å²) in [7, 11) is 1.34. The number of amides is 4. The van der Waals surface area contributed by atoms with E-state index in [0.29, 0.717) is 14.7 Å². The summed E-state index contributed by atoms with van der Waals surface area (Å²) >= 11 is 16.6. The van der Waals surface area contributed by atoms with Gasteiger partial charge >= 0.3 is 5.97 Å². The highest BCUT2D eigenvalue weighted by molar-refractivity contribution is 14.1. The van der Waals surface area contributed by atoms with Crippen LogP contribution >= 0.6 is 45.8 Å². The number of hydrogen-bond acceptors (Lipinski definition) is 8. The van der Waals surface area contributed by atoms with Gasteiger partial charge in [0.25, 0.3) is 11.8 Å². The Kier molecular flexibility index (Phi) is 7.76. The van der Waals surface area contributed by atoms with E-state index in [2.05, 4.69) is 0 Å². The highest BCUT2D eigenvalue weighted by Gasteiger charge is 2.76. The molecule has 4 amide bonds. The second kappa shape index (κ2) is 11.4. The zero-order chi connectivity index (χ0) is 35.3. The van der Waals surface area contributed by atoms with Crippen molar-refractivity contribution in [1.82, 2.24) is 0 Å². The van der Waals surface area contributed by atoms with E-state index in [4.69, 9.17) is 27.9 Å². The molecule has 0 radical (unpaired) electrons. The Morgan fingerprint density at radius 2 is 1.61 bits per heavy atom. The Bertz CT molecular complexity index is 2060. The molecule has 2 aliphatic carbocycles. The fourth-order valence-corrected chi connectivity index (χ4v) is 9.34. The van der Waals surface area contributed by atoms with Crippen LogP contribution in [-0.2, 0) is 19.2 Å². The van der Waals surface area contributed by atoms with Gasteiger partial charge in [0, 0.05) is 12.0 Å². The van der Waals surface area contributed by atoms with Crippen LogP contribution < -0.4 is 14.5 Å². The Morgan fingerprint density at radius 1 is 0.939 bits per heavy atom. The van der Waals surface area contributed by atoms with Gasteiger partial charge in [-0.25, -0.2) is 19.0 Å². The summed E-state index contributed by atoms with van der Waals surface area (Å²) in [5, 5.41) is 30.3. The number of allylic oxidation sites excluding steroid dienone is 2. The van der Waals surface area contributed by atoms with E-state index in [1.54, 1.807) is 12.1 Å². The molecule has 0 spiro atoms. The first-order valence-electron chi connectivity index (χ1n) is 14.9. The Hall–Kier alpha value is -4.21. The minimum absolute atomic E-state index is 0.0280. The molecule has 0 aromatic heterocycles. The second-order valence-corrected chi connectivity index (χ2v) is 14.7. The van der Waals surface area contributed by atoms with Crippen molar-refractivity contribution in [2.24, 2.45) is 17.8 Å². The normalized spacial score (nSPS) is 29.0. The van der Waals surface area contributed by atoms with E-state index in [1.807, 2.05) is 22.6 Å². The number of imide groups is 2. The molecule has 7 rings (SSSR count). The van der Waals surface area contributed by atoms with Crippen LogP contribution in [0.5, 0.6) is 17.2 Å². The molecule has 0 bridgehead atoms. The molecule has 15 heteroatoms. The number of carboxylic acids is 1. The maximum absolute atomic E-state index is 14.5. The molecule has 1 saturated carbocycles. The molecule has 6 atom stereocenters. The number of aromatic hydroxyl groups is 2. The summed E-state index contributed by atoms with van der Waals surface area (Å²) in [5.74, 6) is -9.88. The van der Waals surface area contributed by atoms with Crippen molar-refractivity contribution in [3.8, 4) is 17.2 Å². The number of nitrogens with zero attached hydrogens (tertiary/aromatic N) is 2. The lowest BCUT2D eigenvalue weighted by molar-refractivity contribution is -0.125. The van der Waals surface area contributed by atoms with Gasteiger partial charge in [-0.2, -0.15) is 0 Å². The molecule has 4 aliphatic rings. The number of rotatable bonds is 5. The molecule has 2 aliphatic heterocycles. The van der Waals surface area contributed by atoms with Gasteiger partial charge in [-0.05, 0) is 95.4 Å². The fourth-order valence-electron chi connectivity index (χ4n) is 7.78. The third kappa shape index (κ3) is 4.54. The Morgan fingerprint density at radius 3 is 2.24 bits per heavy atom. The summed E-state index contributed by atoms with van der Waals surface area (Å²) in [4.78, 5) is 65.8. The van der Waals surface area contributed by atoms with Gasteiger partial charge in [-0.15, -0.1) is 23.2 Å². The lowest BCUT2D eigenvalue weighted by atomic mass is 9.56. The maximum Gasteiger partial charge on any atom is 0.339 e. The fraction of sp³-hybridized carbons (Fsp3) is 0.265. The average molecular weight is 821 g/mol. The van der Waals surface area contributed by atoms with E-state index >= 15 is 0 Å². The Balaban J connectivity index is 1.40. The van der Waals surface area contributed by atoms with E-state index in [1.165, 1.54) is 31.4 Å². The van der Waals surface area contributed by atoms with Gasteiger partial charge in [0.15, 0.2) is 21.2 Å². The largest absolute Gasteiger partial charge is 0.507 e. The summed E-state index contributed by atoms with van der Waals surface area (Å²) in [6.07, 6.45) is 1.44. The standard InChI is InChI=1S/C34H24Cl2FIN2O9/c1-49-24-11-14(10-22(38)27(24)42)26-18-8-9-20-25(29(44)39(28(20)43)17-6-7-19(30(45)46)23(41)12-17)21(18)13-33(35)31(47)40(32(48)34(26,33)36)16-4-2-15(37)3-5-16/h2-8,10-12,20-21,25-26,41-42H,9,13H2,1H3,(H,45,46)/t20-,21+,25-,26-,33+,34-/m0/s1. The van der Waals surface area contributed by atoms with Crippen molar-refractivity contribution >= 4 is 86.8 Å². The molecule has 2 saturated heterocycles. The van der Waals surface area contributed by atoms with Gasteiger partial charge in [0.05, 0.1) is 33.9 Å². The van der Waals surface area contributed by atoms with Crippen LogP contribution in [0.25, 0.3) is 0 Å². The number of anilines is 2. The number of ether oxygens (including phenoxy) is 1. The molecule has 11 nitrogen and oxygen atoms in total. The zero-order valence-electron chi connectivity index (χ0n) is 25.2. The highest BCUT2D eigenvalue weighted by Crippen LogP contribution is 2.66. The van der Waals surface area contributed by atoms with E-state index in [9.17, 15) is 43.7 Å². The van der Waals surface area contributed by atoms with E-state index in [0.717, 1.165) is 34.1 Å². The molecule has 49 heavy (non-hydrogen) atoms. The zero-order valence-corrected chi connectivity index (χ0v) is 28.9. The third-order valence-electron chi connectivity index (χ3n) is 9.97. The van der Waals surface area contributed by atoms with Gasteiger partial charge < -0.3 is 20.1 Å². The number of methoxy groups -OCH3 is 1. The predicted molar refractivity (Wildman–Crippen MR) is 182 cm³/mol. The van der Waals surface area contributed by atoms with Crippen molar-refractivity contribution in [2.75, 3.05) is 16.9 Å². The number of benzene rings is 3. The molecule has 3 N–H and O–H groups in total. The SMILES string of the molecule is COc1cc([C@H]2C3=CC[C@@H]4C(=O)N(c5ccc(C(=O)O)c(O)c5)C(=O)[C@@H]4[C@@H]3C[C@@]3(Cl)C(=O)N(c4ccc(F)cc4)C(=O)[C@@]23Cl)cc(I)c1O. The highest BCUT2D eigenvalue weighted by atomic mass is 127. The number of phenols is 2. The van der Waals surface area contributed by atoms with Crippen molar-refractivity contribution in [1.29, 1.82) is 0 Å². The van der Waals surface area contributed by atoms with Crippen molar-refractivity contribution in [3.63, 3.8) is 0 Å². The van der Waals surface area contributed by atoms with Crippen LogP contribution in [-0.4, -0.2) is 61.8 Å². The Labute approximate surface area is 301 Å². The first kappa shape index (κ1) is 33.3. The quantitative estimate of drug-likeness (QED) is 0.134. The predicted octanol–water partition coefficient (Wildman–Crippen LogP) is 5.32. The van der Waals surface area contributed by atoms with Crippen molar-refractivity contribution in [3.05, 3.63) is 86.8 Å². The second-order valence-electron chi connectivity index (χ2n) is 12.3. The van der Waals surface area contributed by atoms with Crippen LogP contribution in [0.2, 0.25) is 0 Å². The summed E-state index contributed by atoms with van der Waals surface area (Å²) in [6.45, 7) is 0. The molecular formula is C34H24Cl2FIN2O9. The van der Waals surface area contributed by atoms with E-state index in [-0.39, 0.29) is 35.7 Å². The molecule has 3 aromatic rings. The summed E-state index contributed by atoms with van der Waals surface area (Å²) in [5.41, 5.74) is 0.389. The number of carbonyl (C=O) groups is 5. The number of hydrogen-bond donors (Lipinski definition) is 3. The van der Waals surface area contributed by atoms with Crippen LogP contribution in [0.4, 0.5) is 15.8 Å². The first-order chi connectivity index (χ1) is 23.1. The molecule has 3 aromatic carbocycles. The lowest BCUT2D eigenvalue weighted by Crippen LogP contribution is -2.60. The molecule has 3 fully saturated rings. The van der Waals surface area contributed by atoms with Crippen LogP contribution in [0.1, 0.15) is 34.7 Å². The monoisotopic (exact) mass is 820 g/mol. The van der Waals surface area contributed by atoms with Crippen LogP contribution in [0.15, 0.2) is 66.2 Å². The molecule has 0 unspecified atom stereocenters. The van der Waals surface area contributed by atoms with Gasteiger partial charge in [0.1, 0.15) is 17.1 Å². The topological polar surface area (TPSA) is 162 Å². The number of halogens is 4. The average Bonchev–Trinajstić information content (AvgIpc) is 3.40. The number of alkyl halides is 2. The maximum atomic E-state index is 14.5. The molecule has 2 heterocycles. The van der Waals surface area contributed by atoms with E-state index < -0.39 is 80.1 Å². The third-order valence-corrected chi connectivity index (χ3v) is 12.2. The van der Waals surface area contributed by atoms with Gasteiger partial charge in [0.2, 0.25) is 11.8 Å². The number of aromatic carboxylic acids is 1. The molecular weight excluding hydrogens is 797 g/mol. The smallest absolute Gasteiger partial charge is 0.339 e. The minimum atomic E-state index is -2.19. The number of carboxylic acid groups (broad SMARTS) is 1. The minimum Gasteiger partial charge on any atom is -0.507 e. The van der Waals surface area contributed by atoms with Gasteiger partial charge in [-0.3, -0.25) is 19.2 Å². The first-order valence-corrected chi connectivity index (χ1v) is 16.7. The number of carbonyl (C=O) groups excluding carboxylic acids is 4. The lowest BCUT2D eigenvalue weighted by Gasteiger charge is -2.50. The number of phenolic OH excluding ortho intramolecular Hbond substituents is 1. The van der Waals surface area contributed by atoms with Crippen molar-refractivity contribution in [2.45, 2.75) is 28.5 Å². The van der Waals surface area contributed by atoms with Gasteiger partial charge in [-0.1, -0.05) is 11.6 Å². The summed E-state index contributed by atoms with van der Waals surface area (Å²) < 4.78 is 19.6. The molecule has 252 valence electrons. The number of fused-ring (bicyclic) bond motifs is 4. The van der Waals surface area contributed by atoms with Crippen LogP contribution in [0, 0.1) is 27.1 Å². The summed E-state index contributed by atoms with van der Waals surface area (Å²) in [6, 6.07) is 11.0. The van der Waals surface area contributed by atoms with Crippen molar-refractivity contribution < 1.29 is 48.4 Å².